The molecule has 1 nitrogen and oxygen atoms in total. The van der Waals surface area contributed by atoms with Gasteiger partial charge in [0.25, 0.3) is 0 Å². The Balaban J connectivity index is 1.50. The number of hydrogen-bond acceptors (Lipinski definition) is 1. The highest BCUT2D eigenvalue weighted by molar-refractivity contribution is 5.72. The van der Waals surface area contributed by atoms with Gasteiger partial charge in [0.1, 0.15) is 0 Å². The molecule has 1 saturated carbocycles. The quantitative estimate of drug-likeness (QED) is 0.382. The van der Waals surface area contributed by atoms with E-state index >= 15 is 0 Å². The van der Waals surface area contributed by atoms with Crippen LogP contribution in [0, 0.1) is 23.7 Å². The number of aryl methyl sites for hydroxylation is 1. The van der Waals surface area contributed by atoms with E-state index in [1.54, 1.807) is 12.4 Å². The van der Waals surface area contributed by atoms with Crippen LogP contribution in [-0.4, -0.2) is 4.98 Å². The summed E-state index contributed by atoms with van der Waals surface area (Å²) >= 11 is 0. The molecule has 0 bridgehead atoms. The van der Waals surface area contributed by atoms with Crippen molar-refractivity contribution in [3.05, 3.63) is 89.7 Å². The lowest BCUT2D eigenvalue weighted by molar-refractivity contribution is 0.252. The maximum Gasteiger partial charge on any atom is 0.0330 e. The standard InChI is InChI=1S/C30H33N/c1-2-6-24-9-11-25(12-10-24)13-14-27-16-18-30(28-7-4-3-5-8-28)29(23-27)17-15-26-19-21-31-22-20-26/h3-5,7-8,16,18-25H,2,6,9-14H2,1H3. The van der Waals surface area contributed by atoms with E-state index in [2.05, 4.69) is 72.3 Å². The molecule has 1 aromatic heterocycles. The zero-order valence-corrected chi connectivity index (χ0v) is 18.7. The molecule has 1 heteroatoms. The second kappa shape index (κ2) is 11.0. The minimum absolute atomic E-state index is 0.897. The summed E-state index contributed by atoms with van der Waals surface area (Å²) < 4.78 is 0. The number of aromatic nitrogens is 1. The largest absolute Gasteiger partial charge is 0.265 e. The van der Waals surface area contributed by atoms with Crippen molar-refractivity contribution >= 4 is 0 Å². The summed E-state index contributed by atoms with van der Waals surface area (Å²) in [5.74, 6) is 8.66. The van der Waals surface area contributed by atoms with Crippen LogP contribution in [0.3, 0.4) is 0 Å². The summed E-state index contributed by atoms with van der Waals surface area (Å²) in [6.07, 6.45) is 14.5. The van der Waals surface area contributed by atoms with E-state index in [-0.39, 0.29) is 0 Å². The summed E-state index contributed by atoms with van der Waals surface area (Å²) in [7, 11) is 0. The molecule has 0 N–H and O–H groups in total. The fourth-order valence-electron chi connectivity index (χ4n) is 4.88. The summed E-state index contributed by atoms with van der Waals surface area (Å²) in [4.78, 5) is 4.10. The summed E-state index contributed by atoms with van der Waals surface area (Å²) in [5, 5.41) is 0. The van der Waals surface area contributed by atoms with Crippen LogP contribution in [0.25, 0.3) is 11.1 Å². The molecule has 4 rings (SSSR count). The third-order valence-corrected chi connectivity index (χ3v) is 6.70. The van der Waals surface area contributed by atoms with E-state index in [0.29, 0.717) is 0 Å². The zero-order valence-electron chi connectivity index (χ0n) is 18.7. The lowest BCUT2D eigenvalue weighted by atomic mass is 9.78. The van der Waals surface area contributed by atoms with Crippen LogP contribution >= 0.6 is 0 Å². The molecule has 0 radical (unpaired) electrons. The van der Waals surface area contributed by atoms with Gasteiger partial charge in [-0.15, -0.1) is 0 Å². The van der Waals surface area contributed by atoms with Gasteiger partial charge in [0.15, 0.2) is 0 Å². The third kappa shape index (κ3) is 6.08. The minimum atomic E-state index is 0.897. The van der Waals surface area contributed by atoms with E-state index in [0.717, 1.165) is 29.4 Å². The first-order valence-electron chi connectivity index (χ1n) is 11.9. The van der Waals surface area contributed by atoms with Crippen molar-refractivity contribution in [3.8, 4) is 23.0 Å². The van der Waals surface area contributed by atoms with Gasteiger partial charge in [-0.2, -0.15) is 0 Å². The first-order chi connectivity index (χ1) is 15.3. The molecule has 0 unspecified atom stereocenters. The highest BCUT2D eigenvalue weighted by Gasteiger charge is 2.20. The summed E-state index contributed by atoms with van der Waals surface area (Å²) in [5.41, 5.74) is 5.97. The van der Waals surface area contributed by atoms with E-state index in [1.165, 1.54) is 61.6 Å². The van der Waals surface area contributed by atoms with Crippen LogP contribution in [0.4, 0.5) is 0 Å². The maximum atomic E-state index is 4.10. The van der Waals surface area contributed by atoms with Crippen molar-refractivity contribution in [2.45, 2.75) is 58.3 Å². The topological polar surface area (TPSA) is 12.9 Å². The molecule has 1 aliphatic carbocycles. The average molecular weight is 408 g/mol. The van der Waals surface area contributed by atoms with E-state index in [9.17, 15) is 0 Å². The number of pyridine rings is 1. The lowest BCUT2D eigenvalue weighted by Crippen LogP contribution is -2.15. The van der Waals surface area contributed by atoms with Crippen LogP contribution in [0.15, 0.2) is 73.1 Å². The van der Waals surface area contributed by atoms with Crippen LogP contribution in [0.5, 0.6) is 0 Å². The van der Waals surface area contributed by atoms with Gasteiger partial charge in [0, 0.05) is 23.5 Å². The van der Waals surface area contributed by atoms with Crippen molar-refractivity contribution in [2.75, 3.05) is 0 Å². The Hall–Kier alpha value is -2.85. The smallest absolute Gasteiger partial charge is 0.0330 e. The highest BCUT2D eigenvalue weighted by Crippen LogP contribution is 2.34. The van der Waals surface area contributed by atoms with Crippen molar-refractivity contribution in [1.82, 2.24) is 4.98 Å². The molecule has 3 aromatic rings. The van der Waals surface area contributed by atoms with Crippen LogP contribution in [0.2, 0.25) is 0 Å². The van der Waals surface area contributed by atoms with E-state index in [1.807, 2.05) is 12.1 Å². The molecule has 0 aliphatic heterocycles. The maximum absolute atomic E-state index is 4.10. The second-order valence-corrected chi connectivity index (χ2v) is 8.95. The fraction of sp³-hybridized carbons (Fsp3) is 0.367. The molecular weight excluding hydrogens is 374 g/mol. The number of hydrogen-bond donors (Lipinski definition) is 0. The Kier molecular flexibility index (Phi) is 7.56. The van der Waals surface area contributed by atoms with Gasteiger partial charge < -0.3 is 0 Å². The van der Waals surface area contributed by atoms with Gasteiger partial charge in [-0.25, -0.2) is 0 Å². The minimum Gasteiger partial charge on any atom is -0.265 e. The molecule has 1 aliphatic rings. The molecule has 0 saturated heterocycles. The van der Waals surface area contributed by atoms with Gasteiger partial charge in [-0.3, -0.25) is 4.98 Å². The number of nitrogens with zero attached hydrogens (tertiary/aromatic N) is 1. The SMILES string of the molecule is CCCC1CCC(CCc2ccc(-c3ccccc3)c(C#Cc3ccncc3)c2)CC1. The Morgan fingerprint density at radius 1 is 0.806 bits per heavy atom. The number of rotatable bonds is 6. The Morgan fingerprint density at radius 2 is 1.52 bits per heavy atom. The van der Waals surface area contributed by atoms with Crippen molar-refractivity contribution in [3.63, 3.8) is 0 Å². The highest BCUT2D eigenvalue weighted by atomic mass is 14.6. The predicted molar refractivity (Wildman–Crippen MR) is 131 cm³/mol. The Bertz CT molecular complexity index is 1000. The van der Waals surface area contributed by atoms with Crippen LogP contribution in [-0.2, 0) is 6.42 Å². The van der Waals surface area contributed by atoms with Gasteiger partial charge in [-0.05, 0) is 59.6 Å². The van der Waals surface area contributed by atoms with E-state index < -0.39 is 0 Å². The summed E-state index contributed by atoms with van der Waals surface area (Å²) in [6.45, 7) is 2.32. The fourth-order valence-corrected chi connectivity index (χ4v) is 4.88. The third-order valence-electron chi connectivity index (χ3n) is 6.70. The van der Waals surface area contributed by atoms with Gasteiger partial charge in [0.2, 0.25) is 0 Å². The predicted octanol–water partition coefficient (Wildman–Crippen LogP) is 7.69. The molecule has 158 valence electrons. The van der Waals surface area contributed by atoms with Gasteiger partial charge in [0.05, 0.1) is 0 Å². The zero-order chi connectivity index (χ0) is 21.3. The van der Waals surface area contributed by atoms with Crippen LogP contribution < -0.4 is 0 Å². The Labute approximate surface area is 188 Å². The van der Waals surface area contributed by atoms with Gasteiger partial charge >= 0.3 is 0 Å². The van der Waals surface area contributed by atoms with Gasteiger partial charge in [-0.1, -0.05) is 99.8 Å². The first-order valence-corrected chi connectivity index (χ1v) is 11.9. The van der Waals surface area contributed by atoms with Crippen molar-refractivity contribution < 1.29 is 0 Å². The lowest BCUT2D eigenvalue weighted by Gasteiger charge is -2.28. The molecule has 2 aromatic carbocycles. The summed E-state index contributed by atoms with van der Waals surface area (Å²) in [6, 6.07) is 21.4. The Morgan fingerprint density at radius 3 is 2.23 bits per heavy atom. The first kappa shape index (κ1) is 21.4. The molecule has 0 amide bonds. The van der Waals surface area contributed by atoms with E-state index in [4.69, 9.17) is 0 Å². The van der Waals surface area contributed by atoms with Crippen molar-refractivity contribution in [2.24, 2.45) is 11.8 Å². The second-order valence-electron chi connectivity index (χ2n) is 8.95. The normalized spacial score (nSPS) is 18.2. The molecule has 31 heavy (non-hydrogen) atoms. The molecule has 1 heterocycles. The van der Waals surface area contributed by atoms with Crippen molar-refractivity contribution in [1.29, 1.82) is 0 Å². The molecule has 0 spiro atoms. The average Bonchev–Trinajstić information content (AvgIpc) is 2.84. The number of benzene rings is 2. The van der Waals surface area contributed by atoms with Crippen LogP contribution in [0.1, 0.15) is 68.6 Å². The molecule has 0 atom stereocenters. The monoisotopic (exact) mass is 407 g/mol. The molecular formula is C30H33N. The molecule has 1 fully saturated rings.